The zero-order chi connectivity index (χ0) is 34.4. The van der Waals surface area contributed by atoms with E-state index < -0.39 is 8.07 Å². The van der Waals surface area contributed by atoms with Crippen molar-refractivity contribution in [2.24, 2.45) is 0 Å². The van der Waals surface area contributed by atoms with Crippen molar-refractivity contribution >= 4 is 72.5 Å². The van der Waals surface area contributed by atoms with E-state index in [1.165, 1.54) is 74.5 Å². The Morgan fingerprint density at radius 3 is 1.04 bits per heavy atom. The Balaban J connectivity index is 1.49. The van der Waals surface area contributed by atoms with E-state index in [2.05, 4.69) is 184 Å². The van der Waals surface area contributed by atoms with Gasteiger partial charge in [-0.25, -0.2) is 0 Å². The van der Waals surface area contributed by atoms with Crippen LogP contribution >= 0.6 is 22.7 Å². The highest BCUT2D eigenvalue weighted by molar-refractivity contribution is 7.28. The first-order valence-corrected chi connectivity index (χ1v) is 22.0. The summed E-state index contributed by atoms with van der Waals surface area (Å²) in [7, 11) is -2.49. The van der Waals surface area contributed by atoms with Gasteiger partial charge in [0.05, 0.1) is 0 Å². The van der Waals surface area contributed by atoms with E-state index in [0.29, 0.717) is 0 Å². The van der Waals surface area contributed by atoms with Crippen molar-refractivity contribution in [1.82, 2.24) is 0 Å². The molecule has 0 atom stereocenters. The lowest BCUT2D eigenvalue weighted by Gasteiger charge is -2.33. The average molecular weight is 707 g/mol. The minimum Gasteiger partial charge on any atom is -0.135 e. The molecule has 1 aliphatic rings. The number of hydrogen-bond donors (Lipinski definition) is 0. The van der Waals surface area contributed by atoms with Gasteiger partial charge >= 0.3 is 0 Å². The molecule has 51 heavy (non-hydrogen) atoms. The van der Waals surface area contributed by atoms with Gasteiger partial charge in [-0.05, 0) is 55.9 Å². The average Bonchev–Trinajstić information content (AvgIpc) is 3.87. The molecular weight excluding hydrogens is 669 g/mol. The molecule has 0 N–H and O–H groups in total. The molecule has 3 heteroatoms. The molecule has 0 fully saturated rings. The fraction of sp³-hybridized carbons (Fsp3) is 0.0833. The van der Waals surface area contributed by atoms with Gasteiger partial charge in [0, 0.05) is 41.1 Å². The number of thiophene rings is 2. The van der Waals surface area contributed by atoms with Crippen LogP contribution in [0.15, 0.2) is 170 Å². The molecule has 0 aliphatic carbocycles. The minimum atomic E-state index is -2.49. The monoisotopic (exact) mass is 706 g/mol. The van der Waals surface area contributed by atoms with Gasteiger partial charge in [-0.15, -0.1) is 22.7 Å². The van der Waals surface area contributed by atoms with Crippen LogP contribution in [-0.2, 0) is 0 Å². The number of allylic oxidation sites excluding steroid dienone is 2. The van der Waals surface area contributed by atoms with E-state index in [1.54, 1.807) is 10.4 Å². The van der Waals surface area contributed by atoms with Gasteiger partial charge in [-0.1, -0.05) is 184 Å². The Bertz CT molecular complexity index is 2390. The van der Waals surface area contributed by atoms with E-state index in [0.717, 1.165) is 12.1 Å². The van der Waals surface area contributed by atoms with E-state index in [4.69, 9.17) is 0 Å². The Labute approximate surface area is 309 Å². The van der Waals surface area contributed by atoms with Crippen molar-refractivity contribution in [1.29, 1.82) is 0 Å². The smallest absolute Gasteiger partial charge is 0.123 e. The topological polar surface area (TPSA) is 0 Å². The van der Waals surface area contributed by atoms with Crippen LogP contribution in [0.5, 0.6) is 0 Å². The van der Waals surface area contributed by atoms with Gasteiger partial charge in [0.2, 0.25) is 0 Å². The molecular formula is C48H38S2Si. The first kappa shape index (κ1) is 31.9. The number of rotatable bonds is 8. The first-order chi connectivity index (χ1) is 25.2. The quantitative estimate of drug-likeness (QED) is 0.138. The Hall–Kier alpha value is -5.06. The predicted octanol–water partition coefficient (Wildman–Crippen LogP) is 14.6. The summed E-state index contributed by atoms with van der Waals surface area (Å²) in [5, 5.41) is 5.90. The molecule has 246 valence electrons. The normalized spacial score (nSPS) is 14.2. The summed E-state index contributed by atoms with van der Waals surface area (Å²) >= 11 is 4.00. The second-order valence-electron chi connectivity index (χ2n) is 13.4. The van der Waals surface area contributed by atoms with Crippen LogP contribution in [-0.4, -0.2) is 8.07 Å². The predicted molar refractivity (Wildman–Crippen MR) is 228 cm³/mol. The Morgan fingerprint density at radius 2 is 0.686 bits per heavy atom. The molecule has 0 spiro atoms. The number of benzene rings is 6. The van der Waals surface area contributed by atoms with Crippen LogP contribution in [0.25, 0.3) is 64.0 Å². The maximum Gasteiger partial charge on any atom is 0.123 e. The molecule has 0 amide bonds. The Morgan fingerprint density at radius 1 is 0.373 bits per heavy atom. The van der Waals surface area contributed by atoms with Gasteiger partial charge in [-0.3, -0.25) is 0 Å². The number of hydrogen-bond acceptors (Lipinski definition) is 2. The number of fused-ring (bicyclic) bond motifs is 2. The van der Waals surface area contributed by atoms with Crippen molar-refractivity contribution in [2.45, 2.75) is 25.9 Å². The van der Waals surface area contributed by atoms with E-state index >= 15 is 0 Å². The molecule has 0 radical (unpaired) electrons. The molecule has 8 aromatic rings. The van der Waals surface area contributed by atoms with Crippen molar-refractivity contribution in [3.05, 3.63) is 191 Å². The van der Waals surface area contributed by atoms with Gasteiger partial charge in [0.15, 0.2) is 0 Å². The van der Waals surface area contributed by atoms with Crippen LogP contribution in [0.1, 0.15) is 34.7 Å². The highest BCUT2D eigenvalue weighted by Gasteiger charge is 2.50. The van der Waals surface area contributed by atoms with Crippen LogP contribution in [0.3, 0.4) is 0 Å². The SMILES string of the molecule is CC[Si]1(CC)C(c2sc3ccccc3c2-c2ccccc2)=C(c2ccccc2)C(c2ccccc2)=C1c1sc2ccccc2c1-c1ccccc1. The van der Waals surface area contributed by atoms with Gasteiger partial charge in [0.1, 0.15) is 8.07 Å². The summed E-state index contributed by atoms with van der Waals surface area (Å²) < 4.78 is 2.70. The fourth-order valence-electron chi connectivity index (χ4n) is 8.49. The third kappa shape index (κ3) is 5.14. The maximum atomic E-state index is 2.48. The molecule has 2 aromatic heterocycles. The van der Waals surface area contributed by atoms with E-state index in [1.807, 2.05) is 22.7 Å². The molecule has 0 unspecified atom stereocenters. The third-order valence-electron chi connectivity index (χ3n) is 10.8. The second kappa shape index (κ2) is 13.2. The maximum absolute atomic E-state index is 2.49. The van der Waals surface area contributed by atoms with Crippen molar-refractivity contribution in [3.63, 3.8) is 0 Å². The van der Waals surface area contributed by atoms with Gasteiger partial charge in [0.25, 0.3) is 0 Å². The fourth-order valence-corrected chi connectivity index (χ4v) is 17.1. The lowest BCUT2D eigenvalue weighted by molar-refractivity contribution is 1.30. The molecule has 0 saturated carbocycles. The van der Waals surface area contributed by atoms with Gasteiger partial charge in [-0.2, -0.15) is 0 Å². The first-order valence-electron chi connectivity index (χ1n) is 18.0. The van der Waals surface area contributed by atoms with Crippen LogP contribution in [0.2, 0.25) is 12.1 Å². The van der Waals surface area contributed by atoms with Crippen LogP contribution < -0.4 is 0 Å². The lowest BCUT2D eigenvalue weighted by atomic mass is 9.89. The van der Waals surface area contributed by atoms with Crippen molar-refractivity contribution < 1.29 is 0 Å². The minimum absolute atomic E-state index is 1.12. The largest absolute Gasteiger partial charge is 0.135 e. The van der Waals surface area contributed by atoms with Crippen LogP contribution in [0, 0.1) is 0 Å². The summed E-state index contributed by atoms with van der Waals surface area (Å²) in [6.45, 7) is 4.97. The molecule has 0 bridgehead atoms. The molecule has 3 heterocycles. The summed E-state index contributed by atoms with van der Waals surface area (Å²) in [6.07, 6.45) is 0. The van der Waals surface area contributed by atoms with Crippen LogP contribution in [0.4, 0.5) is 0 Å². The molecule has 1 aliphatic heterocycles. The van der Waals surface area contributed by atoms with Gasteiger partial charge < -0.3 is 0 Å². The summed E-state index contributed by atoms with van der Waals surface area (Å²) in [5.41, 5.74) is 10.8. The summed E-state index contributed by atoms with van der Waals surface area (Å²) in [6, 6.07) is 65.3. The molecule has 0 saturated heterocycles. The molecule has 9 rings (SSSR count). The van der Waals surface area contributed by atoms with E-state index in [9.17, 15) is 0 Å². The standard InChI is InChI=1S/C48H38S2Si/c1-3-51(4-2)47(45-41(33-21-9-5-10-22-33)37-29-17-19-31-39(37)49-45)43(35-25-13-7-14-26-35)44(36-27-15-8-16-28-36)48(51)46-42(34-23-11-6-12-24-34)38-30-18-20-32-40(38)50-46/h5-32H,3-4H2,1-2H3. The molecule has 6 aromatic carbocycles. The van der Waals surface area contributed by atoms with E-state index in [-0.39, 0.29) is 0 Å². The zero-order valence-corrected chi connectivity index (χ0v) is 31.5. The highest BCUT2D eigenvalue weighted by atomic mass is 32.1. The third-order valence-corrected chi connectivity index (χ3v) is 18.9. The second-order valence-corrected chi connectivity index (χ2v) is 20.0. The lowest BCUT2D eigenvalue weighted by Crippen LogP contribution is -2.35. The highest BCUT2D eigenvalue weighted by Crippen LogP contribution is 2.63. The van der Waals surface area contributed by atoms with Crippen molar-refractivity contribution in [2.75, 3.05) is 0 Å². The zero-order valence-electron chi connectivity index (χ0n) is 28.9. The Kier molecular flexibility index (Phi) is 8.28. The summed E-state index contributed by atoms with van der Waals surface area (Å²) in [5.74, 6) is 0. The van der Waals surface area contributed by atoms with Crippen molar-refractivity contribution in [3.8, 4) is 22.3 Å². The summed E-state index contributed by atoms with van der Waals surface area (Å²) in [4.78, 5) is 2.89. The molecule has 0 nitrogen and oxygen atoms in total.